The van der Waals surface area contributed by atoms with Gasteiger partial charge in [-0.25, -0.2) is 20.5 Å². The lowest BCUT2D eigenvalue weighted by Crippen LogP contribution is -2.43. The van der Waals surface area contributed by atoms with Gasteiger partial charge >= 0.3 is 12.4 Å². The van der Waals surface area contributed by atoms with Crippen LogP contribution in [-0.4, -0.2) is 76.3 Å². The zero-order valence-electron chi connectivity index (χ0n) is 21.4. The van der Waals surface area contributed by atoms with E-state index >= 15 is 0 Å². The molecule has 3 N–H and O–H groups in total. The monoisotopic (exact) mass is 578 g/mol. The lowest BCUT2D eigenvalue weighted by Gasteiger charge is -2.39. The lowest BCUT2D eigenvalue weighted by molar-refractivity contribution is -0.139. The Kier molecular flexibility index (Phi) is 8.53. The number of hydroxylamine groups is 1. The van der Waals surface area contributed by atoms with Crippen molar-refractivity contribution in [2.45, 2.75) is 44.6 Å². The normalized spacial score (nSPS) is 18.6. The number of carbonyl (C=O) groups excluding carboxylic acids is 1. The summed E-state index contributed by atoms with van der Waals surface area (Å²) in [5.74, 6) is -0.170. The Balaban J connectivity index is 1.19. The second-order valence-electron chi connectivity index (χ2n) is 10.1. The summed E-state index contributed by atoms with van der Waals surface area (Å²) in [7, 11) is 0. The minimum absolute atomic E-state index is 0.0280. The van der Waals surface area contributed by atoms with Gasteiger partial charge in [0.25, 0.3) is 11.5 Å². The van der Waals surface area contributed by atoms with Crippen molar-refractivity contribution in [1.82, 2.24) is 30.5 Å². The SMILES string of the molecule is CC(CONC(=O)CN1CCC2(CCN(c3ncc(C(F)(F)F)cn3)CC2)C1)Nc1cn[nH]c(=O)c1C(F)(F)F. The minimum atomic E-state index is -4.88. The minimum Gasteiger partial charge on any atom is -0.378 e. The van der Waals surface area contributed by atoms with E-state index in [-0.39, 0.29) is 24.5 Å². The van der Waals surface area contributed by atoms with Crippen LogP contribution in [0.3, 0.4) is 0 Å². The molecule has 0 radical (unpaired) electrons. The summed E-state index contributed by atoms with van der Waals surface area (Å²) in [4.78, 5) is 40.6. The zero-order chi connectivity index (χ0) is 29.1. The Hall–Kier alpha value is -3.47. The molecule has 2 aliphatic heterocycles. The van der Waals surface area contributed by atoms with E-state index in [1.165, 1.54) is 6.92 Å². The molecule has 2 aromatic heterocycles. The first kappa shape index (κ1) is 29.5. The lowest BCUT2D eigenvalue weighted by atomic mass is 9.78. The van der Waals surface area contributed by atoms with Crippen LogP contribution in [0.15, 0.2) is 23.4 Å². The smallest absolute Gasteiger partial charge is 0.378 e. The summed E-state index contributed by atoms with van der Waals surface area (Å²) < 4.78 is 77.8. The summed E-state index contributed by atoms with van der Waals surface area (Å²) in [6, 6.07) is -0.695. The fourth-order valence-electron chi connectivity index (χ4n) is 4.96. The average molecular weight is 579 g/mol. The molecule has 40 heavy (non-hydrogen) atoms. The fraction of sp³-hybridized carbons (Fsp3) is 0.609. The Morgan fingerprint density at radius 3 is 2.35 bits per heavy atom. The molecule has 0 saturated carbocycles. The molecule has 0 aromatic carbocycles. The topological polar surface area (TPSA) is 128 Å². The number of H-pyrrole nitrogens is 1. The number of hydrogen-bond acceptors (Lipinski definition) is 9. The van der Waals surface area contributed by atoms with Gasteiger partial charge in [-0.3, -0.25) is 19.3 Å². The fourth-order valence-corrected chi connectivity index (χ4v) is 4.96. The van der Waals surface area contributed by atoms with Crippen LogP contribution in [0.1, 0.15) is 37.3 Å². The van der Waals surface area contributed by atoms with Crippen LogP contribution in [-0.2, 0) is 22.0 Å². The molecule has 2 saturated heterocycles. The first-order valence-electron chi connectivity index (χ1n) is 12.4. The van der Waals surface area contributed by atoms with E-state index in [0.29, 0.717) is 26.2 Å². The summed E-state index contributed by atoms with van der Waals surface area (Å²) in [6.45, 7) is 3.90. The van der Waals surface area contributed by atoms with Gasteiger partial charge in [-0.15, -0.1) is 0 Å². The highest BCUT2D eigenvalue weighted by molar-refractivity contribution is 5.77. The van der Waals surface area contributed by atoms with Crippen LogP contribution in [0.25, 0.3) is 0 Å². The standard InChI is InChI=1S/C23H28F6N8O3/c1-14(33-16-10-32-34-19(39)18(16)23(27,28)29)12-40-35-17(38)11-36-5-2-21(13-36)3-6-37(7-4-21)20-30-8-15(9-31-20)22(24,25)26/h8-10,14H,2-7,11-13H2,1H3,(H,35,38)(H2,33,34,39). The van der Waals surface area contributed by atoms with Crippen molar-refractivity contribution in [1.29, 1.82) is 0 Å². The van der Waals surface area contributed by atoms with E-state index < -0.39 is 46.7 Å². The summed E-state index contributed by atoms with van der Waals surface area (Å²) >= 11 is 0. The number of piperidine rings is 1. The first-order chi connectivity index (χ1) is 18.8. The quantitative estimate of drug-likeness (QED) is 0.320. The third kappa shape index (κ3) is 7.18. The molecule has 2 aromatic rings. The molecule has 11 nitrogen and oxygen atoms in total. The van der Waals surface area contributed by atoms with E-state index in [1.807, 2.05) is 9.80 Å². The molecule has 1 unspecified atom stereocenters. The van der Waals surface area contributed by atoms with Gasteiger partial charge < -0.3 is 10.2 Å². The predicted octanol–water partition coefficient (Wildman–Crippen LogP) is 2.44. The Morgan fingerprint density at radius 2 is 1.73 bits per heavy atom. The number of nitrogens with one attached hydrogen (secondary N) is 3. The molecular weight excluding hydrogens is 550 g/mol. The van der Waals surface area contributed by atoms with E-state index in [2.05, 4.69) is 25.9 Å². The van der Waals surface area contributed by atoms with E-state index in [1.54, 1.807) is 5.10 Å². The average Bonchev–Trinajstić information content (AvgIpc) is 3.24. The summed E-state index contributed by atoms with van der Waals surface area (Å²) in [5.41, 5.74) is -1.92. The summed E-state index contributed by atoms with van der Waals surface area (Å²) in [6.07, 6.45) is -4.57. The van der Waals surface area contributed by atoms with Crippen molar-refractivity contribution in [2.24, 2.45) is 5.41 Å². The van der Waals surface area contributed by atoms with Crippen LogP contribution >= 0.6 is 0 Å². The molecule has 2 aliphatic rings. The Bertz CT molecular complexity index is 1230. The van der Waals surface area contributed by atoms with Crippen molar-refractivity contribution in [2.75, 3.05) is 49.5 Å². The molecule has 4 heterocycles. The second kappa shape index (κ2) is 11.6. The van der Waals surface area contributed by atoms with E-state index in [9.17, 15) is 35.9 Å². The number of amides is 1. The highest BCUT2D eigenvalue weighted by atomic mass is 19.4. The molecular formula is C23H28F6N8O3. The molecule has 4 rings (SSSR count). The van der Waals surface area contributed by atoms with Gasteiger partial charge in [0.05, 0.1) is 30.6 Å². The van der Waals surface area contributed by atoms with Crippen molar-refractivity contribution in [3.8, 4) is 0 Å². The molecule has 0 aliphatic carbocycles. The number of halogens is 6. The molecule has 220 valence electrons. The predicted molar refractivity (Wildman–Crippen MR) is 129 cm³/mol. The van der Waals surface area contributed by atoms with Crippen LogP contribution in [0, 0.1) is 5.41 Å². The molecule has 17 heteroatoms. The second-order valence-corrected chi connectivity index (χ2v) is 10.1. The van der Waals surface area contributed by atoms with Gasteiger partial charge in [-0.2, -0.15) is 31.4 Å². The van der Waals surface area contributed by atoms with Gasteiger partial charge in [0.1, 0.15) is 5.56 Å². The number of likely N-dealkylation sites (tertiary alicyclic amines) is 1. The van der Waals surface area contributed by atoms with Gasteiger partial charge in [0.2, 0.25) is 5.95 Å². The highest BCUT2D eigenvalue weighted by Gasteiger charge is 2.42. The zero-order valence-corrected chi connectivity index (χ0v) is 21.4. The summed E-state index contributed by atoms with van der Waals surface area (Å²) in [5, 5.41) is 7.65. The maximum absolute atomic E-state index is 13.2. The van der Waals surface area contributed by atoms with E-state index in [4.69, 9.17) is 4.84 Å². The van der Waals surface area contributed by atoms with Crippen molar-refractivity contribution < 1.29 is 36.0 Å². The highest BCUT2D eigenvalue weighted by Crippen LogP contribution is 2.41. The molecule has 2 fully saturated rings. The third-order valence-corrected chi connectivity index (χ3v) is 7.02. The molecule has 1 atom stereocenters. The number of anilines is 2. The largest absolute Gasteiger partial charge is 0.423 e. The maximum Gasteiger partial charge on any atom is 0.423 e. The number of rotatable bonds is 8. The first-order valence-corrected chi connectivity index (χ1v) is 12.4. The van der Waals surface area contributed by atoms with Gasteiger partial charge in [0, 0.05) is 38.1 Å². The molecule has 1 amide bonds. The number of hydrogen-bond donors (Lipinski definition) is 3. The van der Waals surface area contributed by atoms with Crippen LogP contribution in [0.2, 0.25) is 0 Å². The number of alkyl halides is 6. The van der Waals surface area contributed by atoms with Crippen LogP contribution in [0.5, 0.6) is 0 Å². The Labute approximate surface area is 224 Å². The molecule has 0 bridgehead atoms. The van der Waals surface area contributed by atoms with Gasteiger partial charge in [-0.1, -0.05) is 0 Å². The number of aromatic nitrogens is 4. The van der Waals surface area contributed by atoms with Gasteiger partial charge in [-0.05, 0) is 38.1 Å². The van der Waals surface area contributed by atoms with Crippen LogP contribution in [0.4, 0.5) is 38.0 Å². The number of carbonyl (C=O) groups is 1. The van der Waals surface area contributed by atoms with Crippen molar-refractivity contribution in [3.05, 3.63) is 40.1 Å². The van der Waals surface area contributed by atoms with Crippen molar-refractivity contribution >= 4 is 17.5 Å². The number of aromatic amines is 1. The number of nitrogens with zero attached hydrogens (tertiary/aromatic N) is 5. The van der Waals surface area contributed by atoms with E-state index in [0.717, 1.165) is 37.9 Å². The van der Waals surface area contributed by atoms with Gasteiger partial charge in [0.15, 0.2) is 0 Å². The van der Waals surface area contributed by atoms with Crippen molar-refractivity contribution in [3.63, 3.8) is 0 Å². The molecule has 1 spiro atoms. The third-order valence-electron chi connectivity index (χ3n) is 7.02. The van der Waals surface area contributed by atoms with Crippen LogP contribution < -0.4 is 21.3 Å². The maximum atomic E-state index is 13.2. The Morgan fingerprint density at radius 1 is 1.07 bits per heavy atom.